The van der Waals surface area contributed by atoms with Gasteiger partial charge in [-0.15, -0.1) is 0 Å². The minimum absolute atomic E-state index is 0.657. The first-order chi connectivity index (χ1) is 11.7. The van der Waals surface area contributed by atoms with Crippen molar-refractivity contribution in [2.45, 2.75) is 0 Å². The van der Waals surface area contributed by atoms with Crippen molar-refractivity contribution in [2.75, 3.05) is 0 Å². The minimum atomic E-state index is 0.657. The predicted molar refractivity (Wildman–Crippen MR) is 104 cm³/mol. The van der Waals surface area contributed by atoms with E-state index in [9.17, 15) is 0 Å². The summed E-state index contributed by atoms with van der Waals surface area (Å²) in [6.45, 7) is 0. The Morgan fingerprint density at radius 3 is 1.79 bits per heavy atom. The molecule has 0 nitrogen and oxygen atoms in total. The third-order valence-corrected chi connectivity index (χ3v) is 5.16. The van der Waals surface area contributed by atoms with E-state index in [2.05, 4.69) is 54.6 Å². The lowest BCUT2D eigenvalue weighted by Crippen LogP contribution is -1.84. The molecule has 0 radical (unpaired) electrons. The molecule has 2 heteroatoms. The zero-order valence-corrected chi connectivity index (χ0v) is 14.2. The van der Waals surface area contributed by atoms with Crippen LogP contribution in [0.25, 0.3) is 44.2 Å². The highest BCUT2D eigenvalue weighted by Gasteiger charge is 2.22. The maximum absolute atomic E-state index is 6.21. The van der Waals surface area contributed by atoms with Crippen LogP contribution in [0.15, 0.2) is 72.8 Å². The average molecular weight is 347 g/mol. The van der Waals surface area contributed by atoms with E-state index in [4.69, 9.17) is 23.2 Å². The Labute approximate surface area is 150 Å². The van der Waals surface area contributed by atoms with E-state index < -0.39 is 0 Å². The van der Waals surface area contributed by atoms with E-state index in [0.717, 1.165) is 11.1 Å². The highest BCUT2D eigenvalue weighted by atomic mass is 35.5. The molecule has 0 bridgehead atoms. The Morgan fingerprint density at radius 1 is 0.500 bits per heavy atom. The lowest BCUT2D eigenvalue weighted by Gasteiger charge is -2.10. The number of halogens is 2. The standard InChI is InChI=1S/C22H12Cl2/c23-14-10-13(11-15(24)12-14)16-8-9-21-18-5-2-1-4-17(18)20-7-3-6-19(16)22(20)21/h1-12H. The van der Waals surface area contributed by atoms with Crippen molar-refractivity contribution in [1.82, 2.24) is 0 Å². The molecule has 1 aliphatic rings. The van der Waals surface area contributed by atoms with E-state index in [0.29, 0.717) is 10.0 Å². The van der Waals surface area contributed by atoms with Gasteiger partial charge in [0.05, 0.1) is 0 Å². The Hall–Kier alpha value is -2.28. The molecule has 0 fully saturated rings. The minimum Gasteiger partial charge on any atom is -0.0843 e. The van der Waals surface area contributed by atoms with Crippen LogP contribution in [-0.4, -0.2) is 0 Å². The van der Waals surface area contributed by atoms with Gasteiger partial charge in [0.25, 0.3) is 0 Å². The van der Waals surface area contributed by atoms with Gasteiger partial charge in [-0.05, 0) is 62.4 Å². The maximum Gasteiger partial charge on any atom is 0.0426 e. The van der Waals surface area contributed by atoms with Crippen LogP contribution in [0, 0.1) is 0 Å². The second kappa shape index (κ2) is 5.11. The van der Waals surface area contributed by atoms with Gasteiger partial charge in [-0.1, -0.05) is 77.8 Å². The molecule has 0 saturated heterocycles. The molecule has 0 saturated carbocycles. The summed E-state index contributed by atoms with van der Waals surface area (Å²) in [5, 5.41) is 3.86. The molecule has 0 heterocycles. The zero-order valence-electron chi connectivity index (χ0n) is 12.7. The maximum atomic E-state index is 6.21. The summed E-state index contributed by atoms with van der Waals surface area (Å²) in [6.07, 6.45) is 0. The van der Waals surface area contributed by atoms with E-state index >= 15 is 0 Å². The topological polar surface area (TPSA) is 0 Å². The second-order valence-corrected chi connectivity index (χ2v) is 6.97. The van der Waals surface area contributed by atoms with Gasteiger partial charge in [0.15, 0.2) is 0 Å². The molecule has 5 rings (SSSR count). The first kappa shape index (κ1) is 14.1. The summed E-state index contributed by atoms with van der Waals surface area (Å²) in [6, 6.07) is 25.2. The van der Waals surface area contributed by atoms with Gasteiger partial charge in [0.2, 0.25) is 0 Å². The van der Waals surface area contributed by atoms with Gasteiger partial charge in [-0.2, -0.15) is 0 Å². The Morgan fingerprint density at radius 2 is 1.08 bits per heavy atom. The molecular formula is C22H12Cl2. The molecule has 1 aliphatic carbocycles. The van der Waals surface area contributed by atoms with E-state index in [1.165, 1.54) is 33.0 Å². The van der Waals surface area contributed by atoms with Gasteiger partial charge >= 0.3 is 0 Å². The molecule has 0 unspecified atom stereocenters. The molecule has 4 aromatic carbocycles. The fraction of sp³-hybridized carbons (Fsp3) is 0. The van der Waals surface area contributed by atoms with Crippen LogP contribution in [-0.2, 0) is 0 Å². The lowest BCUT2D eigenvalue weighted by atomic mass is 9.94. The Kier molecular flexibility index (Phi) is 3.00. The van der Waals surface area contributed by atoms with Crippen molar-refractivity contribution in [3.8, 4) is 33.4 Å². The van der Waals surface area contributed by atoms with E-state index in [1.807, 2.05) is 12.1 Å². The summed E-state index contributed by atoms with van der Waals surface area (Å²) in [5.41, 5.74) is 7.42. The quantitative estimate of drug-likeness (QED) is 0.295. The highest BCUT2D eigenvalue weighted by molar-refractivity contribution is 6.35. The zero-order chi connectivity index (χ0) is 16.3. The molecule has 24 heavy (non-hydrogen) atoms. The summed E-state index contributed by atoms with van der Waals surface area (Å²) < 4.78 is 0. The Bertz CT molecular complexity index is 1080. The van der Waals surface area contributed by atoms with Crippen LogP contribution in [0.4, 0.5) is 0 Å². The summed E-state index contributed by atoms with van der Waals surface area (Å²) in [7, 11) is 0. The van der Waals surface area contributed by atoms with Crippen molar-refractivity contribution in [2.24, 2.45) is 0 Å². The van der Waals surface area contributed by atoms with E-state index in [-0.39, 0.29) is 0 Å². The molecular weight excluding hydrogens is 335 g/mol. The summed E-state index contributed by atoms with van der Waals surface area (Å²) in [5.74, 6) is 0. The monoisotopic (exact) mass is 346 g/mol. The predicted octanol–water partition coefficient (Wildman–Crippen LogP) is 7.46. The lowest BCUT2D eigenvalue weighted by molar-refractivity contribution is 1.65. The number of hydrogen-bond donors (Lipinski definition) is 0. The van der Waals surface area contributed by atoms with Gasteiger partial charge < -0.3 is 0 Å². The van der Waals surface area contributed by atoms with Crippen LogP contribution in [0.5, 0.6) is 0 Å². The van der Waals surface area contributed by atoms with Crippen molar-refractivity contribution >= 4 is 34.0 Å². The van der Waals surface area contributed by atoms with Crippen LogP contribution in [0.1, 0.15) is 0 Å². The van der Waals surface area contributed by atoms with Crippen molar-refractivity contribution < 1.29 is 0 Å². The van der Waals surface area contributed by atoms with Gasteiger partial charge in [-0.3, -0.25) is 0 Å². The summed E-state index contributed by atoms with van der Waals surface area (Å²) >= 11 is 12.4. The van der Waals surface area contributed by atoms with Gasteiger partial charge in [0, 0.05) is 10.0 Å². The number of benzene rings is 4. The van der Waals surface area contributed by atoms with Crippen LogP contribution in [0.3, 0.4) is 0 Å². The van der Waals surface area contributed by atoms with Crippen molar-refractivity contribution in [1.29, 1.82) is 0 Å². The first-order valence-corrected chi connectivity index (χ1v) is 8.60. The molecule has 0 N–H and O–H groups in total. The normalized spacial score (nSPS) is 11.8. The third kappa shape index (κ3) is 1.94. The molecule has 0 atom stereocenters. The molecule has 0 aromatic heterocycles. The molecule has 0 spiro atoms. The largest absolute Gasteiger partial charge is 0.0843 e. The Balaban J connectivity index is 1.88. The van der Waals surface area contributed by atoms with Gasteiger partial charge in [0.1, 0.15) is 0 Å². The SMILES string of the molecule is Clc1cc(Cl)cc(-c2ccc3c4c(cccc24)-c2ccccc2-3)c1. The van der Waals surface area contributed by atoms with Crippen LogP contribution >= 0.6 is 23.2 Å². The summed E-state index contributed by atoms with van der Waals surface area (Å²) in [4.78, 5) is 0. The molecule has 0 amide bonds. The van der Waals surface area contributed by atoms with Crippen LogP contribution in [0.2, 0.25) is 10.0 Å². The number of fused-ring (bicyclic) bond motifs is 3. The fourth-order valence-electron chi connectivity index (χ4n) is 3.77. The van der Waals surface area contributed by atoms with Gasteiger partial charge in [-0.25, -0.2) is 0 Å². The second-order valence-electron chi connectivity index (χ2n) is 6.09. The number of hydrogen-bond acceptors (Lipinski definition) is 0. The van der Waals surface area contributed by atoms with Crippen molar-refractivity contribution in [3.63, 3.8) is 0 Å². The van der Waals surface area contributed by atoms with Crippen LogP contribution < -0.4 is 0 Å². The number of rotatable bonds is 1. The fourth-order valence-corrected chi connectivity index (χ4v) is 4.30. The first-order valence-electron chi connectivity index (χ1n) is 7.84. The smallest absolute Gasteiger partial charge is 0.0426 e. The molecule has 0 aliphatic heterocycles. The van der Waals surface area contributed by atoms with E-state index in [1.54, 1.807) is 6.07 Å². The third-order valence-electron chi connectivity index (χ3n) is 4.72. The molecule has 114 valence electrons. The highest BCUT2D eigenvalue weighted by Crippen LogP contribution is 2.49. The van der Waals surface area contributed by atoms with Crippen molar-refractivity contribution in [3.05, 3.63) is 82.8 Å². The average Bonchev–Trinajstić information content (AvgIpc) is 2.91. The molecule has 4 aromatic rings.